The molecule has 5 atom stereocenters. The van der Waals surface area contributed by atoms with Crippen LogP contribution in [0.1, 0.15) is 131 Å². The number of hydrogen-bond acceptors (Lipinski definition) is 8. The molecule has 0 radical (unpaired) electrons. The number of carbonyl (C=O) groups excluding carboxylic acids is 6. The van der Waals surface area contributed by atoms with Crippen LogP contribution in [-0.4, -0.2) is 95.7 Å². The first kappa shape index (κ1) is 58.0. The number of nitrogens with one attached hydrogen (secondary N) is 5. The van der Waals surface area contributed by atoms with Crippen molar-refractivity contribution in [3.63, 3.8) is 0 Å². The Morgan fingerprint density at radius 3 is 2.03 bits per heavy atom. The van der Waals surface area contributed by atoms with Gasteiger partial charge in [-0.15, -0.1) is 0 Å². The Hall–Kier alpha value is -6.61. The highest BCUT2D eigenvalue weighted by Gasteiger charge is 2.42. The van der Waals surface area contributed by atoms with Crippen molar-refractivity contribution in [2.45, 2.75) is 151 Å². The van der Waals surface area contributed by atoms with Crippen molar-refractivity contribution in [2.75, 3.05) is 24.3 Å². The summed E-state index contributed by atoms with van der Waals surface area (Å²) >= 11 is 0. The zero-order chi connectivity index (χ0) is 53.8. The monoisotopic (exact) mass is 990 g/mol. The van der Waals surface area contributed by atoms with Crippen LogP contribution in [0, 0.1) is 17.3 Å². The van der Waals surface area contributed by atoms with E-state index in [-0.39, 0.29) is 48.0 Å². The van der Waals surface area contributed by atoms with Gasteiger partial charge in [0.15, 0.2) is 0 Å². The van der Waals surface area contributed by atoms with Crippen molar-refractivity contribution in [3.8, 4) is 0 Å². The fraction of sp³-hybridized carbons (Fsp3) is 0.491. The van der Waals surface area contributed by atoms with Gasteiger partial charge in [0.1, 0.15) is 18.1 Å². The number of carbonyl (C=O) groups is 7. The lowest BCUT2D eigenvalue weighted by Crippen LogP contribution is -2.61. The van der Waals surface area contributed by atoms with E-state index < -0.39 is 64.7 Å². The Morgan fingerprint density at radius 1 is 0.764 bits per heavy atom. The molecule has 0 saturated carbocycles. The van der Waals surface area contributed by atoms with Gasteiger partial charge >= 0.3 is 5.97 Å². The molecule has 0 bridgehead atoms. The van der Waals surface area contributed by atoms with Gasteiger partial charge in [-0.3, -0.25) is 28.8 Å². The number of para-hydroxylation sites is 1. The van der Waals surface area contributed by atoms with Gasteiger partial charge in [0.2, 0.25) is 35.4 Å². The number of carboxylic acids is 1. The smallest absolute Gasteiger partial charge is 0.331 e. The molecule has 15 heteroatoms. The minimum atomic E-state index is -1.08. The lowest BCUT2D eigenvalue weighted by molar-refractivity contribution is -0.141. The van der Waals surface area contributed by atoms with Gasteiger partial charge in [-0.1, -0.05) is 129 Å². The molecule has 0 aliphatic carbocycles. The fourth-order valence-corrected chi connectivity index (χ4v) is 9.03. The van der Waals surface area contributed by atoms with Gasteiger partial charge in [0.25, 0.3) is 0 Å². The van der Waals surface area contributed by atoms with Crippen LogP contribution >= 0.6 is 0 Å². The number of carboxylic acid groups (broad SMARTS) is 1. The first-order valence-corrected chi connectivity index (χ1v) is 25.0. The highest BCUT2D eigenvalue weighted by atomic mass is 16.4. The van der Waals surface area contributed by atoms with Crippen molar-refractivity contribution in [1.29, 1.82) is 0 Å². The Kier molecular flexibility index (Phi) is 20.3. The number of fused-ring (bicyclic) bond motifs is 2. The Morgan fingerprint density at radius 2 is 1.40 bits per heavy atom. The van der Waals surface area contributed by atoms with E-state index in [4.69, 9.17) is 0 Å². The maximum absolute atomic E-state index is 14.2. The van der Waals surface area contributed by atoms with E-state index in [1.165, 1.54) is 11.8 Å². The van der Waals surface area contributed by atoms with E-state index >= 15 is 0 Å². The molecular weight excluding hydrogens is 911 g/mol. The first-order chi connectivity index (χ1) is 33.7. The second-order valence-corrected chi connectivity index (χ2v) is 21.4. The molecule has 1 aliphatic rings. The van der Waals surface area contributed by atoms with E-state index in [2.05, 4.69) is 38.7 Å². The van der Waals surface area contributed by atoms with Crippen LogP contribution in [0.3, 0.4) is 0 Å². The van der Waals surface area contributed by atoms with E-state index in [1.807, 2.05) is 109 Å². The van der Waals surface area contributed by atoms with E-state index in [0.717, 1.165) is 28.0 Å². The van der Waals surface area contributed by atoms with Crippen molar-refractivity contribution < 1.29 is 38.7 Å². The van der Waals surface area contributed by atoms with Gasteiger partial charge in [-0.2, -0.15) is 0 Å². The number of nitrogens with zero attached hydrogens (tertiary/aromatic N) is 2. The number of allylic oxidation sites excluding steroid dienone is 1. The van der Waals surface area contributed by atoms with Crippen LogP contribution in [0.4, 0.5) is 11.4 Å². The molecule has 4 rings (SSSR count). The van der Waals surface area contributed by atoms with Crippen LogP contribution in [0.5, 0.6) is 0 Å². The summed E-state index contributed by atoms with van der Waals surface area (Å²) in [5.41, 5.74) is 4.66. The number of amides is 6. The van der Waals surface area contributed by atoms with E-state index in [9.17, 15) is 38.7 Å². The molecule has 1 heterocycles. The number of rotatable bonds is 21. The standard InChI is InChI=1S/C57H79N7O8/c1-34(2)45(31-37(6)55(71)72)63(14)54(70)50(56(8,9)10)62-53(69)49(58-13)57(11,12)41-24-21-25-42(32-41)60-51(67)38(7)59-52(68)48(35(3)4)61-46(65)28-19-20-29-47(66)64-33-40-23-16-15-22-39(40)30-36(5)43-26-17-18-27-44(43)64/h15-18,21-27,30-32,34-35,38,45,48-50,58H,19-20,28-29,33H2,1-14H3,(H,59,68)(H,60,67)(H,61,65)(H,62,69)(H,71,72)/b36-30-,37-31+/t38-,45+,48-,49?,50+/m0/s1. The van der Waals surface area contributed by atoms with Crippen LogP contribution < -0.4 is 31.5 Å². The molecule has 1 aliphatic heterocycles. The summed E-state index contributed by atoms with van der Waals surface area (Å²) in [6.07, 6.45) is 4.98. The molecular formula is C57H79N7O8. The predicted octanol–water partition coefficient (Wildman–Crippen LogP) is 7.85. The van der Waals surface area contributed by atoms with Crippen LogP contribution in [0.2, 0.25) is 0 Å². The van der Waals surface area contributed by atoms with Crippen molar-refractivity contribution in [3.05, 3.63) is 107 Å². The first-order valence-electron chi connectivity index (χ1n) is 25.0. The minimum Gasteiger partial charge on any atom is -0.478 e. The van der Waals surface area contributed by atoms with Crippen LogP contribution in [0.15, 0.2) is 84.4 Å². The number of likely N-dealkylation sites (N-methyl/N-ethyl adjacent to an activating group) is 2. The maximum Gasteiger partial charge on any atom is 0.331 e. The topological polar surface area (TPSA) is 206 Å². The zero-order valence-electron chi connectivity index (χ0n) is 44.9. The predicted molar refractivity (Wildman–Crippen MR) is 286 cm³/mol. The molecule has 0 saturated heterocycles. The van der Waals surface area contributed by atoms with Crippen LogP contribution in [0.25, 0.3) is 11.6 Å². The summed E-state index contributed by atoms with van der Waals surface area (Å²) in [5, 5.41) is 24.1. The lowest BCUT2D eigenvalue weighted by atomic mass is 9.76. The number of anilines is 2. The summed E-state index contributed by atoms with van der Waals surface area (Å²) in [6, 6.07) is 18.7. The number of benzene rings is 3. The average molecular weight is 990 g/mol. The lowest BCUT2D eigenvalue weighted by Gasteiger charge is -2.40. The fourth-order valence-electron chi connectivity index (χ4n) is 9.03. The second-order valence-electron chi connectivity index (χ2n) is 21.4. The number of aliphatic carboxylic acids is 1. The van der Waals surface area contributed by atoms with E-state index in [1.54, 1.807) is 59.1 Å². The molecule has 3 aromatic carbocycles. The summed E-state index contributed by atoms with van der Waals surface area (Å²) in [5.74, 6) is -3.67. The normalized spacial score (nSPS) is 15.8. The van der Waals surface area contributed by atoms with Gasteiger partial charge in [-0.25, -0.2) is 4.79 Å². The number of hydrogen-bond donors (Lipinski definition) is 6. The molecule has 3 aromatic rings. The average Bonchev–Trinajstić information content (AvgIpc) is 3.31. The van der Waals surface area contributed by atoms with Crippen molar-refractivity contribution in [2.24, 2.45) is 17.3 Å². The maximum atomic E-state index is 14.2. The highest BCUT2D eigenvalue weighted by Crippen LogP contribution is 2.34. The molecule has 0 aromatic heterocycles. The SMILES string of the molecule is CNC(C(=O)N[C@H](C(=O)N(C)[C@H](/C=C(\C)C(=O)O)C(C)C)C(C)(C)C)C(C)(C)c1cccc(NC(=O)[C@H](C)NC(=O)[C@@H](NC(=O)CCCCC(=O)N2Cc3ccccc3/C=C(/C)c3ccccc32)C(C)C)c1. The Balaban J connectivity index is 1.35. The summed E-state index contributed by atoms with van der Waals surface area (Å²) in [4.78, 5) is 97.5. The largest absolute Gasteiger partial charge is 0.478 e. The third-order valence-corrected chi connectivity index (χ3v) is 13.5. The minimum absolute atomic E-state index is 0.0374. The van der Waals surface area contributed by atoms with Crippen molar-refractivity contribution in [1.82, 2.24) is 26.2 Å². The van der Waals surface area contributed by atoms with Gasteiger partial charge in [-0.05, 0) is 98.4 Å². The molecule has 6 N–H and O–H groups in total. The van der Waals surface area contributed by atoms with Gasteiger partial charge in [0.05, 0.1) is 24.3 Å². The Bertz CT molecular complexity index is 2520. The number of unbranched alkanes of at least 4 members (excludes halogenated alkanes) is 1. The summed E-state index contributed by atoms with van der Waals surface area (Å²) < 4.78 is 0. The van der Waals surface area contributed by atoms with Gasteiger partial charge < -0.3 is 41.5 Å². The Labute approximate surface area is 427 Å². The van der Waals surface area contributed by atoms with Gasteiger partial charge in [0, 0.05) is 42.1 Å². The third kappa shape index (κ3) is 15.0. The van der Waals surface area contributed by atoms with Crippen LogP contribution in [-0.2, 0) is 45.5 Å². The van der Waals surface area contributed by atoms with Crippen molar-refractivity contribution >= 4 is 64.4 Å². The molecule has 0 spiro atoms. The second kappa shape index (κ2) is 25.2. The summed E-state index contributed by atoms with van der Waals surface area (Å²) in [6.45, 7) is 22.2. The van der Waals surface area contributed by atoms with E-state index in [0.29, 0.717) is 30.6 Å². The third-order valence-electron chi connectivity index (χ3n) is 13.5. The molecule has 15 nitrogen and oxygen atoms in total. The zero-order valence-corrected chi connectivity index (χ0v) is 44.9. The summed E-state index contributed by atoms with van der Waals surface area (Å²) in [7, 11) is 3.27. The molecule has 6 amide bonds. The molecule has 0 fully saturated rings. The molecule has 1 unspecified atom stereocenters. The quantitative estimate of drug-likeness (QED) is 0.0454. The molecule has 390 valence electrons. The molecule has 72 heavy (non-hydrogen) atoms. The highest BCUT2D eigenvalue weighted by molar-refractivity contribution is 6.00.